The summed E-state index contributed by atoms with van der Waals surface area (Å²) in [6, 6.07) is 10.4. The zero-order chi connectivity index (χ0) is 19.8. The highest BCUT2D eigenvalue weighted by molar-refractivity contribution is 7.71. The molecule has 0 saturated carbocycles. The van der Waals surface area contributed by atoms with E-state index in [1.807, 2.05) is 13.8 Å². The lowest BCUT2D eigenvalue weighted by atomic mass is 9.99. The van der Waals surface area contributed by atoms with Crippen molar-refractivity contribution in [2.24, 2.45) is 0 Å². The summed E-state index contributed by atoms with van der Waals surface area (Å²) in [6.07, 6.45) is -4.45. The predicted molar refractivity (Wildman–Crippen MR) is 99.1 cm³/mol. The number of halogens is 3. The van der Waals surface area contributed by atoms with E-state index in [1.165, 1.54) is 16.7 Å². The molecule has 0 radical (unpaired) electrons. The van der Waals surface area contributed by atoms with Gasteiger partial charge in [-0.05, 0) is 53.5 Å². The molecule has 142 valence electrons. The first-order valence-corrected chi connectivity index (χ1v) is 8.73. The Balaban J connectivity index is 2.08. The molecule has 0 spiro atoms. The van der Waals surface area contributed by atoms with Crippen molar-refractivity contribution in [1.82, 2.24) is 14.8 Å². The van der Waals surface area contributed by atoms with Gasteiger partial charge in [0.1, 0.15) is 5.75 Å². The van der Waals surface area contributed by atoms with Crippen LogP contribution in [0.1, 0.15) is 36.5 Å². The summed E-state index contributed by atoms with van der Waals surface area (Å²) >= 11 is 5.23. The Bertz CT molecular complexity index is 1020. The van der Waals surface area contributed by atoms with Crippen molar-refractivity contribution < 1.29 is 18.3 Å². The van der Waals surface area contributed by atoms with Gasteiger partial charge in [0.2, 0.25) is 0 Å². The smallest absolute Gasteiger partial charge is 0.416 e. The molecule has 4 nitrogen and oxygen atoms in total. The number of aromatic nitrogens is 3. The normalized spacial score (nSPS) is 11.9. The lowest BCUT2D eigenvalue weighted by molar-refractivity contribution is -0.138. The molecule has 0 unspecified atom stereocenters. The van der Waals surface area contributed by atoms with Crippen molar-refractivity contribution in [3.05, 3.63) is 63.9 Å². The van der Waals surface area contributed by atoms with Crippen LogP contribution in [0.2, 0.25) is 0 Å². The summed E-state index contributed by atoms with van der Waals surface area (Å²) in [6.45, 7) is 3.81. The van der Waals surface area contributed by atoms with Crippen LogP contribution in [0, 0.1) is 4.77 Å². The number of aromatic hydroxyl groups is 1. The summed E-state index contributed by atoms with van der Waals surface area (Å²) in [5, 5.41) is 16.8. The van der Waals surface area contributed by atoms with E-state index in [0.29, 0.717) is 11.4 Å². The second-order valence-corrected chi connectivity index (χ2v) is 6.91. The highest BCUT2D eigenvalue weighted by atomic mass is 32.1. The van der Waals surface area contributed by atoms with Crippen LogP contribution in [0.5, 0.6) is 5.75 Å². The maximum atomic E-state index is 13.3. The number of H-pyrrole nitrogens is 1. The van der Waals surface area contributed by atoms with Crippen molar-refractivity contribution in [2.45, 2.75) is 32.5 Å². The molecule has 0 aliphatic carbocycles. The van der Waals surface area contributed by atoms with Gasteiger partial charge in [0, 0.05) is 5.56 Å². The van der Waals surface area contributed by atoms with Crippen molar-refractivity contribution in [2.75, 3.05) is 0 Å². The minimum Gasteiger partial charge on any atom is -0.508 e. The maximum absolute atomic E-state index is 13.3. The Morgan fingerprint density at radius 1 is 1.19 bits per heavy atom. The van der Waals surface area contributed by atoms with Gasteiger partial charge in [-0.15, -0.1) is 0 Å². The second kappa shape index (κ2) is 7.19. The number of benzene rings is 2. The monoisotopic (exact) mass is 393 g/mol. The molecule has 0 saturated heterocycles. The van der Waals surface area contributed by atoms with Gasteiger partial charge in [-0.2, -0.15) is 18.3 Å². The fourth-order valence-electron chi connectivity index (χ4n) is 2.95. The molecule has 2 aromatic carbocycles. The van der Waals surface area contributed by atoms with Gasteiger partial charge in [0.05, 0.1) is 12.1 Å². The standard InChI is InChI=1S/C19H18F3N3OS/c1-11(2)14-9-12(7-8-16(14)26)17-23-24-18(27)25(17)10-13-5-3-4-6-15(13)19(20,21)22/h3-9,11,26H,10H2,1-2H3,(H,24,27). The SMILES string of the molecule is CC(C)c1cc(-c2n[nH]c(=S)n2Cc2ccccc2C(F)(F)F)ccc1O. The van der Waals surface area contributed by atoms with Crippen molar-refractivity contribution >= 4 is 12.2 Å². The van der Waals surface area contributed by atoms with Crippen molar-refractivity contribution in [3.63, 3.8) is 0 Å². The van der Waals surface area contributed by atoms with Crippen LogP contribution in [0.3, 0.4) is 0 Å². The van der Waals surface area contributed by atoms with Gasteiger partial charge < -0.3 is 5.11 Å². The molecule has 0 atom stereocenters. The second-order valence-electron chi connectivity index (χ2n) is 6.52. The summed E-state index contributed by atoms with van der Waals surface area (Å²) in [7, 11) is 0. The number of alkyl halides is 3. The van der Waals surface area contributed by atoms with Crippen molar-refractivity contribution in [1.29, 1.82) is 0 Å². The van der Waals surface area contributed by atoms with Gasteiger partial charge in [-0.1, -0.05) is 32.0 Å². The van der Waals surface area contributed by atoms with Crippen LogP contribution in [0.15, 0.2) is 42.5 Å². The zero-order valence-corrected chi connectivity index (χ0v) is 15.5. The van der Waals surface area contributed by atoms with E-state index < -0.39 is 11.7 Å². The Kier molecular flexibility index (Phi) is 5.10. The zero-order valence-electron chi connectivity index (χ0n) is 14.7. The van der Waals surface area contributed by atoms with E-state index >= 15 is 0 Å². The summed E-state index contributed by atoms with van der Waals surface area (Å²) in [4.78, 5) is 0. The lowest BCUT2D eigenvalue weighted by Crippen LogP contribution is -2.12. The molecule has 0 aliphatic rings. The Morgan fingerprint density at radius 3 is 2.56 bits per heavy atom. The van der Waals surface area contributed by atoms with E-state index in [9.17, 15) is 18.3 Å². The van der Waals surface area contributed by atoms with Crippen LogP contribution in [0.4, 0.5) is 13.2 Å². The molecule has 1 heterocycles. The average molecular weight is 393 g/mol. The number of rotatable bonds is 4. The molecular weight excluding hydrogens is 375 g/mol. The fourth-order valence-corrected chi connectivity index (χ4v) is 3.14. The third kappa shape index (κ3) is 3.90. The topological polar surface area (TPSA) is 53.8 Å². The third-order valence-corrected chi connectivity index (χ3v) is 4.63. The fraction of sp³-hybridized carbons (Fsp3) is 0.263. The highest BCUT2D eigenvalue weighted by Crippen LogP contribution is 2.34. The molecular formula is C19H18F3N3OS. The van der Waals surface area contributed by atoms with E-state index in [2.05, 4.69) is 10.2 Å². The predicted octanol–water partition coefficient (Wildman–Crippen LogP) is 5.50. The van der Waals surface area contributed by atoms with Gasteiger partial charge in [0.25, 0.3) is 0 Å². The molecule has 2 N–H and O–H groups in total. The number of phenols is 1. The van der Waals surface area contributed by atoms with Crippen LogP contribution in [0.25, 0.3) is 11.4 Å². The molecule has 1 aromatic heterocycles. The number of hydrogen-bond donors (Lipinski definition) is 2. The van der Waals surface area contributed by atoms with Crippen LogP contribution < -0.4 is 0 Å². The van der Waals surface area contributed by atoms with Crippen molar-refractivity contribution in [3.8, 4) is 17.1 Å². The van der Waals surface area contributed by atoms with Crippen LogP contribution in [-0.2, 0) is 12.7 Å². The molecule has 8 heteroatoms. The molecule has 3 aromatic rings. The number of hydrogen-bond acceptors (Lipinski definition) is 3. The molecule has 0 bridgehead atoms. The number of aromatic amines is 1. The van der Waals surface area contributed by atoms with Gasteiger partial charge >= 0.3 is 6.18 Å². The van der Waals surface area contributed by atoms with Crippen LogP contribution >= 0.6 is 12.2 Å². The Labute approximate surface area is 159 Å². The minimum atomic E-state index is -4.45. The number of phenolic OH excluding ortho intramolecular Hbond substituents is 1. The quantitative estimate of drug-likeness (QED) is 0.575. The highest BCUT2D eigenvalue weighted by Gasteiger charge is 2.33. The van der Waals surface area contributed by atoms with E-state index in [1.54, 1.807) is 24.3 Å². The van der Waals surface area contributed by atoms with Gasteiger partial charge in [-0.3, -0.25) is 9.67 Å². The third-order valence-electron chi connectivity index (χ3n) is 4.32. The molecule has 3 rings (SSSR count). The largest absolute Gasteiger partial charge is 0.508 e. The number of nitrogens with zero attached hydrogens (tertiary/aromatic N) is 2. The molecule has 0 aliphatic heterocycles. The molecule has 27 heavy (non-hydrogen) atoms. The molecule has 0 amide bonds. The minimum absolute atomic E-state index is 0.0712. The first-order valence-electron chi connectivity index (χ1n) is 8.32. The van der Waals surface area contributed by atoms with Gasteiger partial charge in [-0.25, -0.2) is 0 Å². The lowest BCUT2D eigenvalue weighted by Gasteiger charge is -2.15. The van der Waals surface area contributed by atoms with E-state index in [-0.39, 0.29) is 28.5 Å². The summed E-state index contributed by atoms with van der Waals surface area (Å²) in [5.41, 5.74) is 0.788. The first kappa shape index (κ1) is 19.2. The Morgan fingerprint density at radius 2 is 1.89 bits per heavy atom. The summed E-state index contributed by atoms with van der Waals surface area (Å²) in [5.74, 6) is 0.655. The summed E-state index contributed by atoms with van der Waals surface area (Å²) < 4.78 is 41.6. The first-order chi connectivity index (χ1) is 12.7. The average Bonchev–Trinajstić information content (AvgIpc) is 2.95. The van der Waals surface area contributed by atoms with E-state index in [0.717, 1.165) is 11.6 Å². The maximum Gasteiger partial charge on any atom is 0.416 e. The number of nitrogens with one attached hydrogen (secondary N) is 1. The van der Waals surface area contributed by atoms with E-state index in [4.69, 9.17) is 12.2 Å². The van der Waals surface area contributed by atoms with Gasteiger partial charge in [0.15, 0.2) is 10.6 Å². The van der Waals surface area contributed by atoms with Crippen LogP contribution in [-0.4, -0.2) is 19.9 Å². The molecule has 0 fully saturated rings. The Hall–Kier alpha value is -2.61.